The van der Waals surface area contributed by atoms with E-state index in [-0.39, 0.29) is 5.91 Å². The number of anilines is 1. The van der Waals surface area contributed by atoms with Crippen molar-refractivity contribution in [1.29, 1.82) is 0 Å². The highest BCUT2D eigenvalue weighted by atomic mass is 16.5. The lowest BCUT2D eigenvalue weighted by molar-refractivity contribution is 0.102. The van der Waals surface area contributed by atoms with E-state index in [1.54, 1.807) is 10.9 Å². The molecule has 4 rings (SSSR count). The van der Waals surface area contributed by atoms with Gasteiger partial charge in [-0.1, -0.05) is 6.07 Å². The molecule has 1 amide bonds. The summed E-state index contributed by atoms with van der Waals surface area (Å²) in [6.07, 6.45) is 6.53. The van der Waals surface area contributed by atoms with E-state index in [0.29, 0.717) is 17.4 Å². The standard InChI is InChI=1S/C20H22N4O2/c1-13-18-10-14(12-21-19(18)24(2)23-13)20(25)22-15-6-5-9-17(11-15)26-16-7-3-4-8-16/h5-6,9-12,16H,3-4,7-8H2,1-2H3,(H,22,25). The zero-order valence-electron chi connectivity index (χ0n) is 15.0. The lowest BCUT2D eigenvalue weighted by Crippen LogP contribution is -2.13. The number of nitrogens with one attached hydrogen (secondary N) is 1. The molecule has 0 radical (unpaired) electrons. The first-order chi connectivity index (χ1) is 12.6. The molecule has 1 N–H and O–H groups in total. The first-order valence-corrected chi connectivity index (χ1v) is 8.97. The molecule has 1 aliphatic rings. The number of carbonyl (C=O) groups is 1. The zero-order valence-corrected chi connectivity index (χ0v) is 15.0. The van der Waals surface area contributed by atoms with E-state index in [4.69, 9.17) is 4.74 Å². The lowest BCUT2D eigenvalue weighted by Gasteiger charge is -2.14. The van der Waals surface area contributed by atoms with Crippen molar-refractivity contribution >= 4 is 22.6 Å². The van der Waals surface area contributed by atoms with Crippen LogP contribution in [0.4, 0.5) is 5.69 Å². The van der Waals surface area contributed by atoms with Gasteiger partial charge in [-0.05, 0) is 50.8 Å². The molecule has 2 aromatic heterocycles. The Morgan fingerprint density at radius 1 is 1.27 bits per heavy atom. The summed E-state index contributed by atoms with van der Waals surface area (Å²) in [4.78, 5) is 17.0. The smallest absolute Gasteiger partial charge is 0.257 e. The zero-order chi connectivity index (χ0) is 18.1. The minimum absolute atomic E-state index is 0.194. The summed E-state index contributed by atoms with van der Waals surface area (Å²) >= 11 is 0. The normalized spacial score (nSPS) is 14.7. The number of amides is 1. The molecule has 26 heavy (non-hydrogen) atoms. The number of rotatable bonds is 4. The van der Waals surface area contributed by atoms with E-state index in [0.717, 1.165) is 35.3 Å². The van der Waals surface area contributed by atoms with Crippen LogP contribution in [0.1, 0.15) is 41.7 Å². The van der Waals surface area contributed by atoms with Gasteiger partial charge in [-0.2, -0.15) is 5.10 Å². The fourth-order valence-corrected chi connectivity index (χ4v) is 3.48. The summed E-state index contributed by atoms with van der Waals surface area (Å²) in [5.41, 5.74) is 2.85. The van der Waals surface area contributed by atoms with Crippen molar-refractivity contribution in [2.45, 2.75) is 38.7 Å². The van der Waals surface area contributed by atoms with Crippen molar-refractivity contribution in [1.82, 2.24) is 14.8 Å². The van der Waals surface area contributed by atoms with Gasteiger partial charge in [-0.25, -0.2) is 4.98 Å². The van der Waals surface area contributed by atoms with Gasteiger partial charge in [0.05, 0.1) is 17.4 Å². The highest BCUT2D eigenvalue weighted by molar-refractivity contribution is 6.05. The summed E-state index contributed by atoms with van der Waals surface area (Å²) < 4.78 is 7.72. The molecule has 6 heteroatoms. The van der Waals surface area contributed by atoms with Crippen LogP contribution in [-0.4, -0.2) is 26.8 Å². The quantitative estimate of drug-likeness (QED) is 0.776. The minimum Gasteiger partial charge on any atom is -0.490 e. The van der Waals surface area contributed by atoms with E-state index < -0.39 is 0 Å². The molecule has 6 nitrogen and oxygen atoms in total. The first kappa shape index (κ1) is 16.6. The molecule has 1 saturated carbocycles. The van der Waals surface area contributed by atoms with Crippen molar-refractivity contribution in [2.24, 2.45) is 7.05 Å². The maximum absolute atomic E-state index is 12.6. The van der Waals surface area contributed by atoms with Crippen LogP contribution in [-0.2, 0) is 7.05 Å². The molecular weight excluding hydrogens is 328 g/mol. The van der Waals surface area contributed by atoms with Gasteiger partial charge in [0.15, 0.2) is 5.65 Å². The molecule has 0 bridgehead atoms. The van der Waals surface area contributed by atoms with E-state index in [2.05, 4.69) is 15.4 Å². The van der Waals surface area contributed by atoms with Crippen LogP contribution < -0.4 is 10.1 Å². The second-order valence-corrected chi connectivity index (χ2v) is 6.81. The lowest BCUT2D eigenvalue weighted by atomic mass is 10.2. The summed E-state index contributed by atoms with van der Waals surface area (Å²) in [5, 5.41) is 8.16. The number of fused-ring (bicyclic) bond motifs is 1. The van der Waals surface area contributed by atoms with Crippen molar-refractivity contribution in [2.75, 3.05) is 5.32 Å². The molecular formula is C20H22N4O2. The molecule has 3 aromatic rings. The molecule has 1 fully saturated rings. The maximum atomic E-state index is 12.6. The number of pyridine rings is 1. The SMILES string of the molecule is Cc1nn(C)c2ncc(C(=O)Nc3cccc(OC4CCCC4)c3)cc12. The van der Waals surface area contributed by atoms with Crippen LogP contribution in [0.15, 0.2) is 36.5 Å². The Balaban J connectivity index is 1.51. The van der Waals surface area contributed by atoms with E-state index in [1.807, 2.05) is 44.3 Å². The number of hydrogen-bond donors (Lipinski definition) is 1. The summed E-state index contributed by atoms with van der Waals surface area (Å²) in [6, 6.07) is 9.39. The number of nitrogens with zero attached hydrogens (tertiary/aromatic N) is 3. The predicted octanol–water partition coefficient (Wildman–Crippen LogP) is 3.85. The van der Waals surface area contributed by atoms with Gasteiger partial charge >= 0.3 is 0 Å². The average Bonchev–Trinajstić information content (AvgIpc) is 3.23. The second kappa shape index (κ2) is 6.78. The molecule has 0 atom stereocenters. The Bertz CT molecular complexity index is 958. The van der Waals surface area contributed by atoms with Crippen LogP contribution >= 0.6 is 0 Å². The van der Waals surface area contributed by atoms with Gasteiger partial charge in [0.25, 0.3) is 5.91 Å². The molecule has 0 spiro atoms. The van der Waals surface area contributed by atoms with Crippen LogP contribution in [0.3, 0.4) is 0 Å². The molecule has 0 saturated heterocycles. The Hall–Kier alpha value is -2.89. The maximum Gasteiger partial charge on any atom is 0.257 e. The number of hydrogen-bond acceptors (Lipinski definition) is 4. The molecule has 2 heterocycles. The number of aryl methyl sites for hydroxylation is 2. The van der Waals surface area contributed by atoms with Gasteiger partial charge in [0.1, 0.15) is 5.75 Å². The van der Waals surface area contributed by atoms with Crippen molar-refractivity contribution in [3.05, 3.63) is 47.8 Å². The summed E-state index contributed by atoms with van der Waals surface area (Å²) in [5.74, 6) is 0.604. The average molecular weight is 350 g/mol. The van der Waals surface area contributed by atoms with Crippen LogP contribution in [0.5, 0.6) is 5.75 Å². The van der Waals surface area contributed by atoms with Gasteiger partial charge in [0, 0.05) is 30.4 Å². The van der Waals surface area contributed by atoms with Crippen molar-refractivity contribution in [3.8, 4) is 5.75 Å². The summed E-state index contributed by atoms with van der Waals surface area (Å²) in [6.45, 7) is 1.91. The number of aromatic nitrogens is 3. The monoisotopic (exact) mass is 350 g/mol. The number of carbonyl (C=O) groups excluding carboxylic acids is 1. The fraction of sp³-hybridized carbons (Fsp3) is 0.350. The van der Waals surface area contributed by atoms with E-state index >= 15 is 0 Å². The molecule has 0 unspecified atom stereocenters. The Morgan fingerprint density at radius 3 is 2.88 bits per heavy atom. The third kappa shape index (κ3) is 3.27. The van der Waals surface area contributed by atoms with Crippen LogP contribution in [0.25, 0.3) is 11.0 Å². The Kier molecular flexibility index (Phi) is 4.32. The number of ether oxygens (including phenoxy) is 1. The Morgan fingerprint density at radius 2 is 2.08 bits per heavy atom. The first-order valence-electron chi connectivity index (χ1n) is 8.97. The van der Waals surface area contributed by atoms with Gasteiger partial charge in [-0.15, -0.1) is 0 Å². The highest BCUT2D eigenvalue weighted by Gasteiger charge is 2.17. The van der Waals surface area contributed by atoms with E-state index in [1.165, 1.54) is 12.8 Å². The Labute approximate surface area is 152 Å². The molecule has 1 aromatic carbocycles. The van der Waals surface area contributed by atoms with Crippen molar-refractivity contribution < 1.29 is 9.53 Å². The molecule has 0 aliphatic heterocycles. The molecule has 134 valence electrons. The van der Waals surface area contributed by atoms with Gasteiger partial charge in [-0.3, -0.25) is 9.48 Å². The van der Waals surface area contributed by atoms with Crippen LogP contribution in [0, 0.1) is 6.92 Å². The predicted molar refractivity (Wildman–Crippen MR) is 101 cm³/mol. The summed E-state index contributed by atoms with van der Waals surface area (Å²) in [7, 11) is 1.85. The van der Waals surface area contributed by atoms with E-state index in [9.17, 15) is 4.79 Å². The topological polar surface area (TPSA) is 69.0 Å². The van der Waals surface area contributed by atoms with Crippen LogP contribution in [0.2, 0.25) is 0 Å². The fourth-order valence-electron chi connectivity index (χ4n) is 3.48. The van der Waals surface area contributed by atoms with Gasteiger partial charge in [0.2, 0.25) is 0 Å². The highest BCUT2D eigenvalue weighted by Crippen LogP contribution is 2.26. The third-order valence-corrected chi connectivity index (χ3v) is 4.82. The second-order valence-electron chi connectivity index (χ2n) is 6.81. The van der Waals surface area contributed by atoms with Crippen molar-refractivity contribution in [3.63, 3.8) is 0 Å². The largest absolute Gasteiger partial charge is 0.490 e. The van der Waals surface area contributed by atoms with Gasteiger partial charge < -0.3 is 10.1 Å². The molecule has 1 aliphatic carbocycles. The minimum atomic E-state index is -0.194. The third-order valence-electron chi connectivity index (χ3n) is 4.82. The number of benzene rings is 1.